The number of piperidine rings is 1. The summed E-state index contributed by atoms with van der Waals surface area (Å²) < 4.78 is 1.89. The molecule has 2 aromatic rings. The fourth-order valence-electron chi connectivity index (χ4n) is 2.33. The Hall–Kier alpha value is -1.88. The van der Waals surface area contributed by atoms with E-state index in [4.69, 9.17) is 5.73 Å². The molecule has 2 N–H and O–H groups in total. The molecule has 18 heavy (non-hydrogen) atoms. The van der Waals surface area contributed by atoms with Crippen molar-refractivity contribution >= 4 is 5.82 Å². The van der Waals surface area contributed by atoms with Gasteiger partial charge in [0, 0.05) is 19.1 Å². The van der Waals surface area contributed by atoms with Gasteiger partial charge in [-0.05, 0) is 25.0 Å². The van der Waals surface area contributed by atoms with Gasteiger partial charge in [-0.2, -0.15) is 4.68 Å². The average molecular weight is 243 g/mol. The van der Waals surface area contributed by atoms with Gasteiger partial charge in [0.05, 0.1) is 11.9 Å². The smallest absolute Gasteiger partial charge is 0.152 e. The van der Waals surface area contributed by atoms with Crippen LogP contribution in [0.3, 0.4) is 0 Å². The summed E-state index contributed by atoms with van der Waals surface area (Å²) in [6.07, 6.45) is 3.88. The summed E-state index contributed by atoms with van der Waals surface area (Å²) in [5.41, 5.74) is 6.98. The molecule has 1 aromatic carbocycles. The molecule has 94 valence electrons. The maximum atomic E-state index is 5.93. The summed E-state index contributed by atoms with van der Waals surface area (Å²) in [4.78, 5) is 2.30. The third kappa shape index (κ3) is 2.09. The number of anilines is 1. The third-order valence-electron chi connectivity index (χ3n) is 3.40. The van der Waals surface area contributed by atoms with Crippen molar-refractivity contribution in [1.82, 2.24) is 15.0 Å². The van der Waals surface area contributed by atoms with Crippen LogP contribution in [0, 0.1) is 0 Å². The summed E-state index contributed by atoms with van der Waals surface area (Å²) in [6, 6.07) is 10.4. The van der Waals surface area contributed by atoms with E-state index >= 15 is 0 Å². The zero-order chi connectivity index (χ0) is 12.4. The van der Waals surface area contributed by atoms with Crippen LogP contribution in [0.25, 0.3) is 5.69 Å². The van der Waals surface area contributed by atoms with Crippen LogP contribution in [0.4, 0.5) is 5.82 Å². The second kappa shape index (κ2) is 4.78. The predicted octanol–water partition coefficient (Wildman–Crippen LogP) is 1.19. The fourth-order valence-corrected chi connectivity index (χ4v) is 2.33. The van der Waals surface area contributed by atoms with Crippen molar-refractivity contribution < 1.29 is 0 Å². The van der Waals surface area contributed by atoms with Crippen molar-refractivity contribution in [1.29, 1.82) is 0 Å². The Balaban J connectivity index is 1.88. The fraction of sp³-hybridized carbons (Fsp3) is 0.385. The number of hydrogen-bond donors (Lipinski definition) is 1. The number of para-hydroxylation sites is 1. The number of aromatic nitrogens is 3. The van der Waals surface area contributed by atoms with Gasteiger partial charge in [0.2, 0.25) is 0 Å². The third-order valence-corrected chi connectivity index (χ3v) is 3.40. The molecule has 0 radical (unpaired) electrons. The van der Waals surface area contributed by atoms with Gasteiger partial charge in [-0.1, -0.05) is 23.4 Å². The minimum absolute atomic E-state index is 0.335. The van der Waals surface area contributed by atoms with Crippen molar-refractivity contribution in [3.8, 4) is 5.69 Å². The number of benzene rings is 1. The van der Waals surface area contributed by atoms with Gasteiger partial charge in [-0.25, -0.2) is 0 Å². The molecule has 0 aliphatic carbocycles. The molecule has 5 heteroatoms. The molecule has 0 spiro atoms. The SMILES string of the molecule is NC1CCN(c2cnnn2-c2ccccc2)CC1. The maximum Gasteiger partial charge on any atom is 0.152 e. The molecule has 1 fully saturated rings. The standard InChI is InChI=1S/C13H17N5/c14-11-6-8-17(9-7-11)13-10-15-16-18(13)12-4-2-1-3-5-12/h1-5,10-11H,6-9,14H2. The van der Waals surface area contributed by atoms with Crippen molar-refractivity contribution in [2.75, 3.05) is 18.0 Å². The second-order valence-electron chi connectivity index (χ2n) is 4.66. The molecule has 0 amide bonds. The quantitative estimate of drug-likeness (QED) is 0.861. The lowest BCUT2D eigenvalue weighted by molar-refractivity contribution is 0.495. The molecule has 2 heterocycles. The largest absolute Gasteiger partial charge is 0.355 e. The van der Waals surface area contributed by atoms with E-state index in [1.54, 1.807) is 0 Å². The monoisotopic (exact) mass is 243 g/mol. The van der Waals surface area contributed by atoms with Crippen LogP contribution in [-0.4, -0.2) is 34.1 Å². The second-order valence-corrected chi connectivity index (χ2v) is 4.66. The van der Waals surface area contributed by atoms with E-state index in [2.05, 4.69) is 15.2 Å². The van der Waals surface area contributed by atoms with E-state index in [9.17, 15) is 0 Å². The van der Waals surface area contributed by atoms with Crippen molar-refractivity contribution in [2.24, 2.45) is 5.73 Å². The van der Waals surface area contributed by atoms with E-state index in [1.807, 2.05) is 41.2 Å². The van der Waals surface area contributed by atoms with E-state index in [1.165, 1.54) is 0 Å². The number of nitrogens with zero attached hydrogens (tertiary/aromatic N) is 4. The topological polar surface area (TPSA) is 60.0 Å². The minimum Gasteiger partial charge on any atom is -0.355 e. The van der Waals surface area contributed by atoms with Crippen LogP contribution >= 0.6 is 0 Å². The Morgan fingerprint density at radius 2 is 1.83 bits per heavy atom. The van der Waals surface area contributed by atoms with E-state index in [0.717, 1.165) is 37.4 Å². The summed E-state index contributed by atoms with van der Waals surface area (Å²) in [7, 11) is 0. The van der Waals surface area contributed by atoms with Crippen LogP contribution in [0.1, 0.15) is 12.8 Å². The first kappa shape index (κ1) is 11.2. The molecule has 0 bridgehead atoms. The van der Waals surface area contributed by atoms with Gasteiger partial charge < -0.3 is 10.6 Å². The lowest BCUT2D eigenvalue weighted by Gasteiger charge is -2.31. The van der Waals surface area contributed by atoms with Crippen LogP contribution in [0.15, 0.2) is 36.5 Å². The highest BCUT2D eigenvalue weighted by Gasteiger charge is 2.20. The normalized spacial score (nSPS) is 17.1. The molecular formula is C13H17N5. The molecule has 0 saturated carbocycles. The van der Waals surface area contributed by atoms with Crippen LogP contribution in [0.2, 0.25) is 0 Å². The number of hydrogen-bond acceptors (Lipinski definition) is 4. The molecule has 1 aromatic heterocycles. The number of nitrogens with two attached hydrogens (primary N) is 1. The summed E-state index contributed by atoms with van der Waals surface area (Å²) >= 11 is 0. The first-order valence-electron chi connectivity index (χ1n) is 6.31. The summed E-state index contributed by atoms with van der Waals surface area (Å²) in [5, 5.41) is 8.21. The molecule has 1 saturated heterocycles. The molecular weight excluding hydrogens is 226 g/mol. The van der Waals surface area contributed by atoms with Crippen LogP contribution in [0.5, 0.6) is 0 Å². The molecule has 0 atom stereocenters. The van der Waals surface area contributed by atoms with Gasteiger partial charge >= 0.3 is 0 Å². The Labute approximate surface area is 106 Å². The Morgan fingerprint density at radius 3 is 2.56 bits per heavy atom. The van der Waals surface area contributed by atoms with Crippen molar-refractivity contribution in [3.05, 3.63) is 36.5 Å². The van der Waals surface area contributed by atoms with Gasteiger partial charge in [0.1, 0.15) is 0 Å². The molecule has 0 unspecified atom stereocenters. The Bertz CT molecular complexity index is 499. The zero-order valence-corrected chi connectivity index (χ0v) is 10.2. The molecule has 5 nitrogen and oxygen atoms in total. The highest BCUT2D eigenvalue weighted by atomic mass is 15.5. The van der Waals surface area contributed by atoms with Crippen molar-refractivity contribution in [2.45, 2.75) is 18.9 Å². The lowest BCUT2D eigenvalue weighted by Crippen LogP contribution is -2.40. The Kier molecular flexibility index (Phi) is 2.98. The van der Waals surface area contributed by atoms with Gasteiger partial charge in [0.25, 0.3) is 0 Å². The molecule has 1 aliphatic rings. The average Bonchev–Trinajstić information content (AvgIpc) is 2.90. The maximum absolute atomic E-state index is 5.93. The number of rotatable bonds is 2. The lowest BCUT2D eigenvalue weighted by atomic mass is 10.1. The van der Waals surface area contributed by atoms with E-state index in [0.29, 0.717) is 6.04 Å². The van der Waals surface area contributed by atoms with Gasteiger partial charge in [0.15, 0.2) is 5.82 Å². The van der Waals surface area contributed by atoms with Crippen molar-refractivity contribution in [3.63, 3.8) is 0 Å². The molecule has 3 rings (SSSR count). The Morgan fingerprint density at radius 1 is 1.11 bits per heavy atom. The predicted molar refractivity (Wildman–Crippen MR) is 70.8 cm³/mol. The first-order chi connectivity index (χ1) is 8.84. The minimum atomic E-state index is 0.335. The van der Waals surface area contributed by atoms with Gasteiger partial charge in [-0.3, -0.25) is 0 Å². The molecule has 1 aliphatic heterocycles. The van der Waals surface area contributed by atoms with Gasteiger partial charge in [-0.15, -0.1) is 5.10 Å². The summed E-state index contributed by atoms with van der Waals surface area (Å²) in [6.45, 7) is 1.95. The summed E-state index contributed by atoms with van der Waals surface area (Å²) in [5.74, 6) is 1.05. The van der Waals surface area contributed by atoms with E-state index in [-0.39, 0.29) is 0 Å². The zero-order valence-electron chi connectivity index (χ0n) is 10.2. The van der Waals surface area contributed by atoms with Crippen LogP contribution < -0.4 is 10.6 Å². The van der Waals surface area contributed by atoms with Crippen LogP contribution in [-0.2, 0) is 0 Å². The van der Waals surface area contributed by atoms with E-state index < -0.39 is 0 Å². The first-order valence-corrected chi connectivity index (χ1v) is 6.31. The highest BCUT2D eigenvalue weighted by Crippen LogP contribution is 2.21. The highest BCUT2D eigenvalue weighted by molar-refractivity contribution is 5.45.